The second-order valence-electron chi connectivity index (χ2n) is 7.04. The van der Waals surface area contributed by atoms with Crippen molar-refractivity contribution >= 4 is 11.7 Å². The number of aryl methyl sites for hydroxylation is 2. The van der Waals surface area contributed by atoms with E-state index in [1.165, 1.54) is 22.4 Å². The lowest BCUT2D eigenvalue weighted by Crippen LogP contribution is -2.52. The highest BCUT2D eigenvalue weighted by molar-refractivity contribution is 5.74. The Morgan fingerprint density at radius 2 is 1.63 bits per heavy atom. The summed E-state index contributed by atoms with van der Waals surface area (Å²) in [6.45, 7) is 8.20. The van der Waals surface area contributed by atoms with Crippen molar-refractivity contribution in [1.82, 2.24) is 10.2 Å². The molecular weight excluding hydrogens is 338 g/mol. The molecule has 1 aliphatic rings. The molecule has 1 aliphatic heterocycles. The Morgan fingerprint density at radius 1 is 1.00 bits per heavy atom. The van der Waals surface area contributed by atoms with Crippen LogP contribution < -0.4 is 15.0 Å². The number of carbonyl (C=O) groups excluding carboxylic acids is 1. The lowest BCUT2D eigenvalue weighted by atomic mass is 10.1. The van der Waals surface area contributed by atoms with Gasteiger partial charge >= 0.3 is 6.03 Å². The highest BCUT2D eigenvalue weighted by atomic mass is 16.5. The number of urea groups is 1. The van der Waals surface area contributed by atoms with Gasteiger partial charge in [-0.3, -0.25) is 0 Å². The molecule has 1 fully saturated rings. The van der Waals surface area contributed by atoms with Gasteiger partial charge in [0.15, 0.2) is 0 Å². The largest absolute Gasteiger partial charge is 0.497 e. The molecule has 2 aromatic carbocycles. The number of anilines is 1. The molecule has 0 spiro atoms. The highest BCUT2D eigenvalue weighted by Gasteiger charge is 2.22. The van der Waals surface area contributed by atoms with E-state index in [0.717, 1.165) is 38.3 Å². The van der Waals surface area contributed by atoms with Crippen LogP contribution in [0.5, 0.6) is 5.75 Å². The molecule has 0 bridgehead atoms. The van der Waals surface area contributed by atoms with E-state index in [2.05, 4.69) is 42.3 Å². The van der Waals surface area contributed by atoms with Crippen molar-refractivity contribution in [3.8, 4) is 5.75 Å². The summed E-state index contributed by atoms with van der Waals surface area (Å²) in [7, 11) is 1.66. The first-order chi connectivity index (χ1) is 13.1. The van der Waals surface area contributed by atoms with E-state index in [1.54, 1.807) is 7.11 Å². The van der Waals surface area contributed by atoms with Gasteiger partial charge in [-0.15, -0.1) is 0 Å². The average Bonchev–Trinajstić information content (AvgIpc) is 2.69. The molecule has 1 saturated heterocycles. The van der Waals surface area contributed by atoms with Gasteiger partial charge in [-0.25, -0.2) is 4.79 Å². The van der Waals surface area contributed by atoms with E-state index >= 15 is 0 Å². The van der Waals surface area contributed by atoms with E-state index in [-0.39, 0.29) is 6.03 Å². The van der Waals surface area contributed by atoms with Gasteiger partial charge in [-0.2, -0.15) is 0 Å². The number of hydrogen-bond acceptors (Lipinski definition) is 3. The molecule has 5 nitrogen and oxygen atoms in total. The number of amides is 2. The number of nitrogens with zero attached hydrogens (tertiary/aromatic N) is 2. The van der Waals surface area contributed by atoms with E-state index in [9.17, 15) is 4.79 Å². The molecule has 27 heavy (non-hydrogen) atoms. The molecule has 5 heteroatoms. The Balaban J connectivity index is 1.45. The minimum absolute atomic E-state index is 0.0321. The van der Waals surface area contributed by atoms with Crippen molar-refractivity contribution < 1.29 is 9.53 Å². The van der Waals surface area contributed by atoms with Gasteiger partial charge in [0.05, 0.1) is 7.11 Å². The van der Waals surface area contributed by atoms with Gasteiger partial charge in [0, 0.05) is 38.4 Å². The van der Waals surface area contributed by atoms with Crippen LogP contribution in [0.1, 0.15) is 16.7 Å². The number of para-hydroxylation sites is 1. The molecule has 144 valence electrons. The van der Waals surface area contributed by atoms with Crippen LogP contribution in [0.25, 0.3) is 0 Å². The predicted molar refractivity (Wildman–Crippen MR) is 110 cm³/mol. The maximum atomic E-state index is 12.4. The van der Waals surface area contributed by atoms with Crippen LogP contribution in [0.3, 0.4) is 0 Å². The van der Waals surface area contributed by atoms with Gasteiger partial charge < -0.3 is 19.9 Å². The van der Waals surface area contributed by atoms with Crippen molar-refractivity contribution in [1.29, 1.82) is 0 Å². The molecule has 0 radical (unpaired) electrons. The summed E-state index contributed by atoms with van der Waals surface area (Å²) in [6.07, 6.45) is 0.818. The van der Waals surface area contributed by atoms with Crippen LogP contribution in [0.15, 0.2) is 42.5 Å². The summed E-state index contributed by atoms with van der Waals surface area (Å²) >= 11 is 0. The van der Waals surface area contributed by atoms with E-state index in [1.807, 2.05) is 29.2 Å². The molecule has 1 heterocycles. The van der Waals surface area contributed by atoms with E-state index in [4.69, 9.17) is 4.74 Å². The van der Waals surface area contributed by atoms with Crippen molar-refractivity contribution in [3.05, 3.63) is 59.2 Å². The second-order valence-corrected chi connectivity index (χ2v) is 7.04. The molecule has 0 saturated carbocycles. The SMILES string of the molecule is COc1ccc(CCNC(=O)N2CCN(c3c(C)cccc3C)CC2)cc1. The zero-order valence-corrected chi connectivity index (χ0v) is 16.5. The van der Waals surface area contributed by atoms with Crippen molar-refractivity contribution in [2.45, 2.75) is 20.3 Å². The molecule has 3 rings (SSSR count). The number of rotatable bonds is 5. The molecular formula is C22H29N3O2. The van der Waals surface area contributed by atoms with E-state index < -0.39 is 0 Å². The van der Waals surface area contributed by atoms with E-state index in [0.29, 0.717) is 6.54 Å². The zero-order valence-electron chi connectivity index (χ0n) is 16.5. The lowest BCUT2D eigenvalue weighted by Gasteiger charge is -2.37. The Hall–Kier alpha value is -2.69. The fourth-order valence-electron chi connectivity index (χ4n) is 3.66. The minimum atomic E-state index is 0.0321. The van der Waals surface area contributed by atoms with Crippen molar-refractivity contribution in [2.75, 3.05) is 44.7 Å². The maximum absolute atomic E-state index is 12.4. The smallest absolute Gasteiger partial charge is 0.317 e. The number of piperazine rings is 1. The number of benzene rings is 2. The monoisotopic (exact) mass is 367 g/mol. The van der Waals surface area contributed by atoms with Crippen LogP contribution in [-0.2, 0) is 6.42 Å². The van der Waals surface area contributed by atoms with Crippen molar-refractivity contribution in [3.63, 3.8) is 0 Å². The molecule has 0 aliphatic carbocycles. The standard InChI is InChI=1S/C22H29N3O2/c1-17-5-4-6-18(2)21(17)24-13-15-25(16-14-24)22(26)23-12-11-19-7-9-20(27-3)10-8-19/h4-10H,11-16H2,1-3H3,(H,23,26). The Bertz CT molecular complexity index is 745. The summed E-state index contributed by atoms with van der Waals surface area (Å²) in [5, 5.41) is 3.04. The maximum Gasteiger partial charge on any atom is 0.317 e. The van der Waals surface area contributed by atoms with Crippen LogP contribution in [-0.4, -0.2) is 50.8 Å². The zero-order chi connectivity index (χ0) is 19.2. The van der Waals surface area contributed by atoms with Crippen molar-refractivity contribution in [2.24, 2.45) is 0 Å². The number of hydrogen-bond donors (Lipinski definition) is 1. The summed E-state index contributed by atoms with van der Waals surface area (Å²) in [4.78, 5) is 16.8. The fourth-order valence-corrected chi connectivity index (χ4v) is 3.66. The Kier molecular flexibility index (Phi) is 6.22. The third-order valence-corrected chi connectivity index (χ3v) is 5.17. The lowest BCUT2D eigenvalue weighted by molar-refractivity contribution is 0.194. The van der Waals surface area contributed by atoms with Gasteiger partial charge in [0.2, 0.25) is 0 Å². The molecule has 0 aromatic heterocycles. The molecule has 1 N–H and O–H groups in total. The quantitative estimate of drug-likeness (QED) is 0.881. The van der Waals surface area contributed by atoms with Crippen LogP contribution in [0, 0.1) is 13.8 Å². The number of methoxy groups -OCH3 is 1. The number of nitrogens with one attached hydrogen (secondary N) is 1. The molecule has 2 aromatic rings. The van der Waals surface area contributed by atoms with Gasteiger partial charge in [-0.1, -0.05) is 30.3 Å². The summed E-state index contributed by atoms with van der Waals surface area (Å²) in [5.74, 6) is 0.851. The Morgan fingerprint density at radius 3 is 2.22 bits per heavy atom. The fraction of sp³-hybridized carbons (Fsp3) is 0.409. The average molecular weight is 367 g/mol. The predicted octanol–water partition coefficient (Wildman–Crippen LogP) is 3.39. The third kappa shape index (κ3) is 4.73. The first kappa shape index (κ1) is 19.1. The van der Waals surface area contributed by atoms with Crippen LogP contribution in [0.2, 0.25) is 0 Å². The highest BCUT2D eigenvalue weighted by Crippen LogP contribution is 2.25. The van der Waals surface area contributed by atoms with Gasteiger partial charge in [-0.05, 0) is 49.1 Å². The first-order valence-corrected chi connectivity index (χ1v) is 9.55. The molecule has 0 atom stereocenters. The topological polar surface area (TPSA) is 44.8 Å². The molecule has 0 unspecified atom stereocenters. The van der Waals surface area contributed by atoms with Gasteiger partial charge in [0.25, 0.3) is 0 Å². The molecule has 2 amide bonds. The number of carbonyl (C=O) groups is 1. The number of ether oxygens (including phenoxy) is 1. The van der Waals surface area contributed by atoms with Gasteiger partial charge in [0.1, 0.15) is 5.75 Å². The van der Waals surface area contributed by atoms with Crippen LogP contribution >= 0.6 is 0 Å². The Labute approximate surface area is 161 Å². The summed E-state index contributed by atoms with van der Waals surface area (Å²) in [5.41, 5.74) is 5.10. The summed E-state index contributed by atoms with van der Waals surface area (Å²) < 4.78 is 5.17. The third-order valence-electron chi connectivity index (χ3n) is 5.17. The second kappa shape index (κ2) is 8.80. The summed E-state index contributed by atoms with van der Waals surface area (Å²) in [6, 6.07) is 14.4. The minimum Gasteiger partial charge on any atom is -0.497 e. The first-order valence-electron chi connectivity index (χ1n) is 9.55. The van der Waals surface area contributed by atoms with Crippen LogP contribution in [0.4, 0.5) is 10.5 Å². The normalized spacial score (nSPS) is 14.2.